The minimum Gasteiger partial charge on any atom is -0.508 e. The second kappa shape index (κ2) is 7.36. The van der Waals surface area contributed by atoms with E-state index in [0.29, 0.717) is 11.3 Å². The number of esters is 1. The molecule has 0 saturated heterocycles. The first-order valence-corrected chi connectivity index (χ1v) is 8.12. The van der Waals surface area contributed by atoms with Crippen molar-refractivity contribution >= 4 is 5.97 Å². The van der Waals surface area contributed by atoms with Gasteiger partial charge in [0.25, 0.3) is 0 Å². The van der Waals surface area contributed by atoms with Crippen molar-refractivity contribution in [1.29, 1.82) is 0 Å². The minimum absolute atomic E-state index is 0.140. The molecule has 1 atom stereocenters. The van der Waals surface area contributed by atoms with Gasteiger partial charge in [0, 0.05) is 12.1 Å². The van der Waals surface area contributed by atoms with E-state index in [-0.39, 0.29) is 12.4 Å². The Balaban J connectivity index is 1.86. The molecule has 5 nitrogen and oxygen atoms in total. The molecule has 1 aliphatic rings. The van der Waals surface area contributed by atoms with Gasteiger partial charge in [-0.05, 0) is 55.3 Å². The molecule has 24 heavy (non-hydrogen) atoms. The predicted molar refractivity (Wildman–Crippen MR) is 90.0 cm³/mol. The van der Waals surface area contributed by atoms with Gasteiger partial charge in [0.05, 0.1) is 6.61 Å². The summed E-state index contributed by atoms with van der Waals surface area (Å²) < 4.78 is 11.1. The van der Waals surface area contributed by atoms with Crippen molar-refractivity contribution in [2.75, 3.05) is 13.2 Å². The van der Waals surface area contributed by atoms with E-state index in [0.717, 1.165) is 19.5 Å². The summed E-state index contributed by atoms with van der Waals surface area (Å²) in [7, 11) is 0. The number of hydrogen-bond donors (Lipinski definition) is 2. The molecule has 0 fully saturated rings. The van der Waals surface area contributed by atoms with Crippen molar-refractivity contribution in [3.05, 3.63) is 59.2 Å². The highest BCUT2D eigenvalue weighted by molar-refractivity contribution is 5.77. The van der Waals surface area contributed by atoms with Gasteiger partial charge in [-0.2, -0.15) is 0 Å². The molecule has 0 amide bonds. The first-order chi connectivity index (χ1) is 11.7. The molecule has 0 aliphatic carbocycles. The fourth-order valence-electron chi connectivity index (χ4n) is 2.79. The summed E-state index contributed by atoms with van der Waals surface area (Å²) >= 11 is 0. The molecule has 1 heterocycles. The zero-order valence-electron chi connectivity index (χ0n) is 13.6. The van der Waals surface area contributed by atoms with Gasteiger partial charge in [-0.25, -0.2) is 4.79 Å². The van der Waals surface area contributed by atoms with Gasteiger partial charge in [-0.1, -0.05) is 18.2 Å². The van der Waals surface area contributed by atoms with Crippen molar-refractivity contribution in [1.82, 2.24) is 5.32 Å². The molecular weight excluding hydrogens is 306 g/mol. The number of ether oxygens (including phenoxy) is 2. The fraction of sp³-hybridized carbons (Fsp3) is 0.316. The van der Waals surface area contributed by atoms with Gasteiger partial charge < -0.3 is 19.9 Å². The van der Waals surface area contributed by atoms with Crippen molar-refractivity contribution in [3.63, 3.8) is 0 Å². The number of phenolic OH excluding ortho intramolecular Hbond substituents is 1. The number of carbonyl (C=O) groups is 1. The Morgan fingerprint density at radius 2 is 2.00 bits per heavy atom. The zero-order chi connectivity index (χ0) is 16.9. The molecule has 0 radical (unpaired) electrons. The summed E-state index contributed by atoms with van der Waals surface area (Å²) in [5.74, 6) is 0.323. The molecule has 0 saturated carbocycles. The minimum atomic E-state index is -0.861. The maximum atomic E-state index is 12.3. The van der Waals surface area contributed by atoms with E-state index in [4.69, 9.17) is 9.47 Å². The van der Waals surface area contributed by atoms with Crippen molar-refractivity contribution in [2.24, 2.45) is 0 Å². The maximum Gasteiger partial charge on any atom is 0.352 e. The standard InChI is InChI=1S/C19H21NO4/c1-2-23-19(22)18(14-3-6-16(21)7-4-14)24-17-8-5-13-9-10-20-12-15(13)11-17/h3-8,11,18,20-21H,2,9-10,12H2,1H3. The molecular formula is C19H21NO4. The quantitative estimate of drug-likeness (QED) is 0.827. The largest absolute Gasteiger partial charge is 0.508 e. The van der Waals surface area contributed by atoms with Gasteiger partial charge in [-0.3, -0.25) is 0 Å². The van der Waals surface area contributed by atoms with Gasteiger partial charge in [0.15, 0.2) is 0 Å². The Kier molecular flexibility index (Phi) is 5.01. The number of hydrogen-bond acceptors (Lipinski definition) is 5. The molecule has 1 aliphatic heterocycles. The highest BCUT2D eigenvalue weighted by atomic mass is 16.6. The fourth-order valence-corrected chi connectivity index (χ4v) is 2.79. The van der Waals surface area contributed by atoms with E-state index in [2.05, 4.69) is 5.32 Å². The van der Waals surface area contributed by atoms with Crippen LogP contribution in [0.3, 0.4) is 0 Å². The lowest BCUT2D eigenvalue weighted by molar-refractivity contribution is -0.151. The molecule has 2 aromatic carbocycles. The number of rotatable bonds is 5. The van der Waals surface area contributed by atoms with Crippen molar-refractivity contribution in [3.8, 4) is 11.5 Å². The third kappa shape index (κ3) is 3.68. The highest BCUT2D eigenvalue weighted by Gasteiger charge is 2.24. The van der Waals surface area contributed by atoms with Crippen LogP contribution in [-0.4, -0.2) is 24.2 Å². The first-order valence-electron chi connectivity index (χ1n) is 8.12. The number of aromatic hydroxyl groups is 1. The molecule has 3 rings (SSSR count). The van der Waals surface area contributed by atoms with Crippen molar-refractivity contribution in [2.45, 2.75) is 26.0 Å². The summed E-state index contributed by atoms with van der Waals surface area (Å²) in [4.78, 5) is 12.3. The average molecular weight is 327 g/mol. The van der Waals surface area contributed by atoms with Crippen LogP contribution in [0, 0.1) is 0 Å². The summed E-state index contributed by atoms with van der Waals surface area (Å²) in [5, 5.41) is 12.8. The topological polar surface area (TPSA) is 67.8 Å². The normalized spacial score (nSPS) is 14.5. The smallest absolute Gasteiger partial charge is 0.352 e. The van der Waals surface area contributed by atoms with E-state index in [9.17, 15) is 9.90 Å². The van der Waals surface area contributed by atoms with Crippen LogP contribution >= 0.6 is 0 Å². The van der Waals surface area contributed by atoms with E-state index in [1.807, 2.05) is 18.2 Å². The Hall–Kier alpha value is -2.53. The summed E-state index contributed by atoms with van der Waals surface area (Å²) in [6, 6.07) is 12.3. The lowest BCUT2D eigenvalue weighted by atomic mass is 10.0. The number of fused-ring (bicyclic) bond motifs is 1. The Morgan fingerprint density at radius 3 is 2.75 bits per heavy atom. The molecule has 2 N–H and O–H groups in total. The number of phenols is 1. The highest BCUT2D eigenvalue weighted by Crippen LogP contribution is 2.27. The SMILES string of the molecule is CCOC(=O)C(Oc1ccc2c(c1)CNCC2)c1ccc(O)cc1. The number of carbonyl (C=O) groups excluding carboxylic acids is 1. The average Bonchev–Trinajstić information content (AvgIpc) is 2.60. The lowest BCUT2D eigenvalue weighted by Crippen LogP contribution is -2.24. The Morgan fingerprint density at radius 1 is 1.21 bits per heavy atom. The van der Waals surface area contributed by atoms with E-state index < -0.39 is 12.1 Å². The van der Waals surface area contributed by atoms with Crippen LogP contribution in [0.25, 0.3) is 0 Å². The van der Waals surface area contributed by atoms with Crippen LogP contribution in [-0.2, 0) is 22.5 Å². The van der Waals surface area contributed by atoms with Crippen LogP contribution in [0.5, 0.6) is 11.5 Å². The van der Waals surface area contributed by atoms with Crippen molar-refractivity contribution < 1.29 is 19.4 Å². The third-order valence-electron chi connectivity index (χ3n) is 4.01. The molecule has 0 spiro atoms. The van der Waals surface area contributed by atoms with Crippen LogP contribution in [0.2, 0.25) is 0 Å². The molecule has 0 aromatic heterocycles. The lowest BCUT2D eigenvalue weighted by Gasteiger charge is -2.21. The van der Waals surface area contributed by atoms with Crippen LogP contribution in [0.4, 0.5) is 0 Å². The molecule has 1 unspecified atom stereocenters. The Bertz CT molecular complexity index is 712. The first kappa shape index (κ1) is 16.3. The second-order valence-electron chi connectivity index (χ2n) is 5.70. The van der Waals surface area contributed by atoms with Crippen LogP contribution < -0.4 is 10.1 Å². The monoisotopic (exact) mass is 327 g/mol. The van der Waals surface area contributed by atoms with E-state index >= 15 is 0 Å². The van der Waals surface area contributed by atoms with Gasteiger partial charge in [0.2, 0.25) is 6.10 Å². The summed E-state index contributed by atoms with van der Waals surface area (Å²) in [6.45, 7) is 3.82. The summed E-state index contributed by atoms with van der Waals surface area (Å²) in [6.07, 6.45) is 0.134. The third-order valence-corrected chi connectivity index (χ3v) is 4.01. The number of nitrogens with one attached hydrogen (secondary N) is 1. The summed E-state index contributed by atoms with van der Waals surface area (Å²) in [5.41, 5.74) is 3.13. The molecule has 126 valence electrons. The Labute approximate surface area is 141 Å². The van der Waals surface area contributed by atoms with Gasteiger partial charge in [0.1, 0.15) is 11.5 Å². The van der Waals surface area contributed by atoms with Crippen LogP contribution in [0.1, 0.15) is 29.7 Å². The van der Waals surface area contributed by atoms with E-state index in [1.165, 1.54) is 23.3 Å². The molecule has 2 aromatic rings. The van der Waals surface area contributed by atoms with Gasteiger partial charge >= 0.3 is 5.97 Å². The van der Waals surface area contributed by atoms with Crippen LogP contribution in [0.15, 0.2) is 42.5 Å². The predicted octanol–water partition coefficient (Wildman–Crippen LogP) is 2.72. The molecule has 5 heteroatoms. The van der Waals surface area contributed by atoms with Gasteiger partial charge in [-0.15, -0.1) is 0 Å². The maximum absolute atomic E-state index is 12.3. The van der Waals surface area contributed by atoms with E-state index in [1.54, 1.807) is 19.1 Å². The second-order valence-corrected chi connectivity index (χ2v) is 5.70. The zero-order valence-corrected chi connectivity index (χ0v) is 13.6. The molecule has 0 bridgehead atoms. The number of benzene rings is 2.